The summed E-state index contributed by atoms with van der Waals surface area (Å²) in [7, 11) is -1.63. The SMILES string of the molecule is CS(=O)c1c(C=O)nn(-c2cc(Cl)c(C(F)(F)F)cc2Cl)c1N. The molecule has 11 heteroatoms. The van der Waals surface area contributed by atoms with Gasteiger partial charge in [0.25, 0.3) is 0 Å². The van der Waals surface area contributed by atoms with E-state index in [0.29, 0.717) is 12.4 Å². The summed E-state index contributed by atoms with van der Waals surface area (Å²) in [5.41, 5.74) is 4.40. The van der Waals surface area contributed by atoms with Crippen molar-refractivity contribution in [3.05, 3.63) is 33.4 Å². The zero-order chi connectivity index (χ0) is 17.5. The van der Waals surface area contributed by atoms with Gasteiger partial charge in [-0.3, -0.25) is 9.00 Å². The molecule has 2 aromatic rings. The number of carbonyl (C=O) groups excluding carboxylic acids is 1. The summed E-state index contributed by atoms with van der Waals surface area (Å²) in [5.74, 6) is -0.175. The molecule has 2 rings (SSSR count). The summed E-state index contributed by atoms with van der Waals surface area (Å²) in [5, 5.41) is 2.88. The van der Waals surface area contributed by atoms with Crippen molar-refractivity contribution in [2.24, 2.45) is 0 Å². The first kappa shape index (κ1) is 17.8. The molecule has 23 heavy (non-hydrogen) atoms. The molecule has 0 spiro atoms. The first-order chi connectivity index (χ1) is 10.6. The zero-order valence-electron chi connectivity index (χ0n) is 11.3. The van der Waals surface area contributed by atoms with Crippen LogP contribution in [0.15, 0.2) is 17.0 Å². The predicted octanol–water partition coefficient (Wildman–Crippen LogP) is 3.33. The number of nitrogen functional groups attached to an aromatic ring is 1. The van der Waals surface area contributed by atoms with Gasteiger partial charge in [-0.1, -0.05) is 23.2 Å². The van der Waals surface area contributed by atoms with Crippen LogP contribution in [0.1, 0.15) is 16.1 Å². The van der Waals surface area contributed by atoms with Crippen LogP contribution in [0.5, 0.6) is 0 Å². The van der Waals surface area contributed by atoms with Crippen LogP contribution in [-0.4, -0.2) is 26.5 Å². The molecule has 0 aliphatic rings. The first-order valence-corrected chi connectivity index (χ1v) is 8.13. The molecule has 0 bridgehead atoms. The summed E-state index contributed by atoms with van der Waals surface area (Å²) in [4.78, 5) is 11.0. The number of hydrogen-bond donors (Lipinski definition) is 1. The molecule has 1 heterocycles. The second-order valence-electron chi connectivity index (χ2n) is 4.36. The quantitative estimate of drug-likeness (QED) is 0.821. The van der Waals surface area contributed by atoms with Gasteiger partial charge >= 0.3 is 6.18 Å². The van der Waals surface area contributed by atoms with Crippen LogP contribution < -0.4 is 5.73 Å². The molecule has 0 saturated heterocycles. The van der Waals surface area contributed by atoms with Gasteiger partial charge in [-0.25, -0.2) is 4.68 Å². The third-order valence-corrected chi connectivity index (χ3v) is 4.48. The number of aldehydes is 1. The molecule has 0 aliphatic carbocycles. The van der Waals surface area contributed by atoms with Gasteiger partial charge in [0.15, 0.2) is 6.29 Å². The van der Waals surface area contributed by atoms with Gasteiger partial charge in [0, 0.05) is 6.26 Å². The first-order valence-electron chi connectivity index (χ1n) is 5.81. The summed E-state index contributed by atoms with van der Waals surface area (Å²) in [6, 6.07) is 1.55. The summed E-state index contributed by atoms with van der Waals surface area (Å²) < 4.78 is 50.9. The van der Waals surface area contributed by atoms with E-state index in [4.69, 9.17) is 28.9 Å². The van der Waals surface area contributed by atoms with Gasteiger partial charge in [0.05, 0.1) is 32.1 Å². The molecule has 1 unspecified atom stereocenters. The van der Waals surface area contributed by atoms with Crippen molar-refractivity contribution >= 4 is 46.1 Å². The molecule has 0 aliphatic heterocycles. The monoisotopic (exact) mass is 385 g/mol. The molecule has 5 nitrogen and oxygen atoms in total. The average molecular weight is 386 g/mol. The van der Waals surface area contributed by atoms with Crippen molar-refractivity contribution in [1.82, 2.24) is 9.78 Å². The molecule has 0 saturated carbocycles. The Morgan fingerprint density at radius 3 is 2.35 bits per heavy atom. The Morgan fingerprint density at radius 1 is 1.30 bits per heavy atom. The lowest BCUT2D eigenvalue weighted by Gasteiger charge is -2.13. The molecule has 124 valence electrons. The van der Waals surface area contributed by atoms with Crippen LogP contribution in [0.4, 0.5) is 19.0 Å². The molecule has 1 aromatic carbocycles. The topological polar surface area (TPSA) is 78.0 Å². The van der Waals surface area contributed by atoms with Crippen LogP contribution in [0, 0.1) is 0 Å². The number of carbonyl (C=O) groups is 1. The highest BCUT2D eigenvalue weighted by molar-refractivity contribution is 7.84. The van der Waals surface area contributed by atoms with Crippen LogP contribution >= 0.6 is 23.2 Å². The molecule has 0 amide bonds. The third-order valence-electron chi connectivity index (χ3n) is 2.87. The van der Waals surface area contributed by atoms with Gasteiger partial charge in [-0.15, -0.1) is 0 Å². The maximum absolute atomic E-state index is 12.8. The third kappa shape index (κ3) is 3.22. The van der Waals surface area contributed by atoms with Crippen molar-refractivity contribution in [3.8, 4) is 5.69 Å². The summed E-state index contributed by atoms with van der Waals surface area (Å²) >= 11 is 11.5. The lowest BCUT2D eigenvalue weighted by Crippen LogP contribution is -2.09. The summed E-state index contributed by atoms with van der Waals surface area (Å²) in [6.45, 7) is 0. The molecule has 2 N–H and O–H groups in total. The normalized spacial score (nSPS) is 13.1. The minimum absolute atomic E-state index is 0.0351. The second kappa shape index (κ2) is 6.14. The minimum atomic E-state index is -4.68. The van der Waals surface area contributed by atoms with Crippen LogP contribution in [0.2, 0.25) is 10.0 Å². The lowest BCUT2D eigenvalue weighted by atomic mass is 10.2. The van der Waals surface area contributed by atoms with Crippen molar-refractivity contribution in [2.75, 3.05) is 12.0 Å². The highest BCUT2D eigenvalue weighted by Gasteiger charge is 2.34. The van der Waals surface area contributed by atoms with Gasteiger partial charge in [-0.2, -0.15) is 18.3 Å². The smallest absolute Gasteiger partial charge is 0.383 e. The lowest BCUT2D eigenvalue weighted by molar-refractivity contribution is -0.137. The fraction of sp³-hybridized carbons (Fsp3) is 0.167. The van der Waals surface area contributed by atoms with E-state index in [-0.39, 0.29) is 27.1 Å². The Morgan fingerprint density at radius 2 is 1.91 bits per heavy atom. The van der Waals surface area contributed by atoms with Crippen LogP contribution in [0.25, 0.3) is 5.69 Å². The van der Waals surface area contributed by atoms with Crippen molar-refractivity contribution < 1.29 is 22.2 Å². The summed E-state index contributed by atoms with van der Waals surface area (Å²) in [6.07, 6.45) is -3.06. The van der Waals surface area contributed by atoms with Gasteiger partial charge in [0.1, 0.15) is 16.4 Å². The van der Waals surface area contributed by atoms with E-state index in [1.54, 1.807) is 0 Å². The largest absolute Gasteiger partial charge is 0.417 e. The molecular weight excluding hydrogens is 378 g/mol. The number of rotatable bonds is 3. The molecule has 1 atom stereocenters. The number of alkyl halides is 3. The Bertz CT molecular complexity index is 821. The number of halogens is 5. The van der Waals surface area contributed by atoms with Gasteiger partial charge in [0.2, 0.25) is 0 Å². The van der Waals surface area contributed by atoms with Crippen LogP contribution in [0.3, 0.4) is 0 Å². The maximum atomic E-state index is 12.8. The predicted molar refractivity (Wildman–Crippen MR) is 80.7 cm³/mol. The van der Waals surface area contributed by atoms with E-state index in [2.05, 4.69) is 5.10 Å². The average Bonchev–Trinajstić information content (AvgIpc) is 2.76. The Kier molecular flexibility index (Phi) is 4.74. The number of nitrogens with zero attached hydrogens (tertiary/aromatic N) is 2. The maximum Gasteiger partial charge on any atom is 0.417 e. The molecule has 0 fully saturated rings. The Balaban J connectivity index is 2.72. The Labute approximate surface area is 140 Å². The molecular formula is C12H8Cl2F3N3O2S. The highest BCUT2D eigenvalue weighted by Crippen LogP contribution is 2.39. The fourth-order valence-corrected chi connectivity index (χ4v) is 3.18. The van der Waals surface area contributed by atoms with Crippen LogP contribution in [-0.2, 0) is 17.0 Å². The molecule has 1 aromatic heterocycles. The fourth-order valence-electron chi connectivity index (χ4n) is 1.91. The number of nitrogens with two attached hydrogens (primary N) is 1. The van der Waals surface area contributed by atoms with E-state index in [1.165, 1.54) is 6.26 Å². The van der Waals surface area contributed by atoms with E-state index in [0.717, 1.165) is 10.7 Å². The van der Waals surface area contributed by atoms with E-state index in [9.17, 15) is 22.2 Å². The van der Waals surface area contributed by atoms with E-state index < -0.39 is 27.6 Å². The van der Waals surface area contributed by atoms with Gasteiger partial charge in [-0.05, 0) is 12.1 Å². The number of hydrogen-bond acceptors (Lipinski definition) is 4. The minimum Gasteiger partial charge on any atom is -0.383 e. The van der Waals surface area contributed by atoms with Gasteiger partial charge < -0.3 is 5.73 Å². The van der Waals surface area contributed by atoms with Crippen molar-refractivity contribution in [1.29, 1.82) is 0 Å². The zero-order valence-corrected chi connectivity index (χ0v) is 13.6. The van der Waals surface area contributed by atoms with Crippen molar-refractivity contribution in [2.45, 2.75) is 11.1 Å². The second-order valence-corrected chi connectivity index (χ2v) is 6.50. The highest BCUT2D eigenvalue weighted by atomic mass is 35.5. The molecule has 0 radical (unpaired) electrons. The Hall–Kier alpha value is -1.58. The van der Waals surface area contributed by atoms with E-state index >= 15 is 0 Å². The number of benzene rings is 1. The standard InChI is InChI=1S/C12H8Cl2F3N3O2S/c1-23(22)10-8(4-21)19-20(11(10)18)9-3-6(13)5(2-7(9)14)12(15,16)17/h2-4H,18H2,1H3. The van der Waals surface area contributed by atoms with E-state index in [1.807, 2.05) is 0 Å². The number of aromatic nitrogens is 2. The number of anilines is 1. The van der Waals surface area contributed by atoms with Crippen molar-refractivity contribution in [3.63, 3.8) is 0 Å².